The smallest absolute Gasteiger partial charge is 0.326 e. The number of carbonyl (C=O) groups is 3. The van der Waals surface area contributed by atoms with Crippen LogP contribution in [0.2, 0.25) is 5.02 Å². The van der Waals surface area contributed by atoms with E-state index in [1.165, 1.54) is 17.0 Å². The molecule has 2 rings (SSSR count). The highest BCUT2D eigenvalue weighted by molar-refractivity contribution is 6.34. The summed E-state index contributed by atoms with van der Waals surface area (Å²) in [6, 6.07) is 3.38. The quantitative estimate of drug-likeness (QED) is 0.760. The Bertz CT molecular complexity index is 648. The van der Waals surface area contributed by atoms with Crippen LogP contribution in [0.3, 0.4) is 0 Å². The first-order chi connectivity index (χ1) is 10.8. The SMILES string of the molecule is CC(C)C(NC(=O)c1cc(N2CCNC2=O)ccc1Cl)C(=O)O. The number of halogens is 1. The summed E-state index contributed by atoms with van der Waals surface area (Å²) in [5, 5.41) is 14.5. The molecule has 1 heterocycles. The van der Waals surface area contributed by atoms with E-state index < -0.39 is 17.9 Å². The van der Waals surface area contributed by atoms with E-state index in [-0.39, 0.29) is 22.5 Å². The minimum Gasteiger partial charge on any atom is -0.480 e. The van der Waals surface area contributed by atoms with Crippen molar-refractivity contribution in [1.29, 1.82) is 0 Å². The van der Waals surface area contributed by atoms with Crippen molar-refractivity contribution in [3.8, 4) is 0 Å². The number of nitrogens with one attached hydrogen (secondary N) is 2. The van der Waals surface area contributed by atoms with Gasteiger partial charge in [0.15, 0.2) is 0 Å². The molecule has 1 aliphatic heterocycles. The molecule has 0 aliphatic carbocycles. The maximum atomic E-state index is 12.4. The third kappa shape index (κ3) is 3.73. The molecular formula is C15H18ClN3O4. The molecule has 1 aromatic carbocycles. The molecule has 1 aliphatic rings. The van der Waals surface area contributed by atoms with Crippen molar-refractivity contribution in [2.75, 3.05) is 18.0 Å². The summed E-state index contributed by atoms with van der Waals surface area (Å²) in [6.07, 6.45) is 0. The van der Waals surface area contributed by atoms with Gasteiger partial charge in [0.05, 0.1) is 10.6 Å². The first-order valence-electron chi connectivity index (χ1n) is 7.20. The van der Waals surface area contributed by atoms with Crippen LogP contribution in [0.1, 0.15) is 24.2 Å². The Hall–Kier alpha value is -2.28. The number of benzene rings is 1. The lowest BCUT2D eigenvalue weighted by atomic mass is 10.0. The number of carbonyl (C=O) groups excluding carboxylic acids is 2. The maximum Gasteiger partial charge on any atom is 0.326 e. The molecule has 0 saturated carbocycles. The van der Waals surface area contributed by atoms with Gasteiger partial charge in [-0.3, -0.25) is 9.69 Å². The molecular weight excluding hydrogens is 322 g/mol. The summed E-state index contributed by atoms with van der Waals surface area (Å²) in [6.45, 7) is 4.42. The molecule has 0 bridgehead atoms. The van der Waals surface area contributed by atoms with Crippen molar-refractivity contribution in [2.45, 2.75) is 19.9 Å². The molecule has 3 N–H and O–H groups in total. The topological polar surface area (TPSA) is 98.7 Å². The Labute approximate surface area is 138 Å². The van der Waals surface area contributed by atoms with Gasteiger partial charge in [-0.25, -0.2) is 9.59 Å². The van der Waals surface area contributed by atoms with Gasteiger partial charge in [0.25, 0.3) is 5.91 Å². The van der Waals surface area contributed by atoms with E-state index >= 15 is 0 Å². The molecule has 7 nitrogen and oxygen atoms in total. The van der Waals surface area contributed by atoms with Gasteiger partial charge in [-0.1, -0.05) is 25.4 Å². The number of carboxylic acids is 1. The molecule has 1 saturated heterocycles. The second-order valence-electron chi connectivity index (χ2n) is 5.58. The summed E-state index contributed by atoms with van der Waals surface area (Å²) < 4.78 is 0. The fraction of sp³-hybridized carbons (Fsp3) is 0.400. The van der Waals surface area contributed by atoms with E-state index in [0.29, 0.717) is 18.8 Å². The van der Waals surface area contributed by atoms with Gasteiger partial charge in [0.1, 0.15) is 6.04 Å². The van der Waals surface area contributed by atoms with Crippen LogP contribution in [0.15, 0.2) is 18.2 Å². The molecule has 1 fully saturated rings. The van der Waals surface area contributed by atoms with Gasteiger partial charge in [-0.05, 0) is 24.1 Å². The normalized spacial score (nSPS) is 15.5. The van der Waals surface area contributed by atoms with Crippen LogP contribution in [0.4, 0.5) is 10.5 Å². The standard InChI is InChI=1S/C15H18ClN3O4/c1-8(2)12(14(21)22)18-13(20)10-7-9(3-4-11(10)16)19-6-5-17-15(19)23/h3-4,7-8,12H,5-6H2,1-2H3,(H,17,23)(H,18,20)(H,21,22). The Kier molecular flexibility index (Phi) is 5.10. The zero-order chi connectivity index (χ0) is 17.1. The number of hydrogen-bond donors (Lipinski definition) is 3. The van der Waals surface area contributed by atoms with Gasteiger partial charge in [0.2, 0.25) is 0 Å². The van der Waals surface area contributed by atoms with E-state index in [1.54, 1.807) is 19.9 Å². The summed E-state index contributed by atoms with van der Waals surface area (Å²) in [5.41, 5.74) is 0.668. The lowest BCUT2D eigenvalue weighted by Gasteiger charge is -2.19. The highest BCUT2D eigenvalue weighted by Gasteiger charge is 2.26. The average molecular weight is 340 g/mol. The van der Waals surface area contributed by atoms with E-state index in [0.717, 1.165) is 0 Å². The first kappa shape index (κ1) is 17.1. The summed E-state index contributed by atoms with van der Waals surface area (Å²) >= 11 is 6.05. The minimum absolute atomic E-state index is 0.135. The number of amides is 3. The lowest BCUT2D eigenvalue weighted by molar-refractivity contribution is -0.140. The number of anilines is 1. The zero-order valence-electron chi connectivity index (χ0n) is 12.8. The third-order valence-electron chi connectivity index (χ3n) is 3.58. The van der Waals surface area contributed by atoms with Crippen LogP contribution < -0.4 is 15.5 Å². The fourth-order valence-electron chi connectivity index (χ4n) is 2.31. The largest absolute Gasteiger partial charge is 0.480 e. The molecule has 0 aromatic heterocycles. The van der Waals surface area contributed by atoms with Crippen molar-refractivity contribution < 1.29 is 19.5 Å². The lowest BCUT2D eigenvalue weighted by Crippen LogP contribution is -2.44. The molecule has 23 heavy (non-hydrogen) atoms. The van der Waals surface area contributed by atoms with Crippen molar-refractivity contribution in [3.05, 3.63) is 28.8 Å². The predicted molar refractivity (Wildman–Crippen MR) is 85.9 cm³/mol. The molecule has 1 atom stereocenters. The summed E-state index contributed by atoms with van der Waals surface area (Å²) in [4.78, 5) is 36.7. The Morgan fingerprint density at radius 1 is 1.39 bits per heavy atom. The van der Waals surface area contributed by atoms with Gasteiger partial charge in [-0.15, -0.1) is 0 Å². The van der Waals surface area contributed by atoms with E-state index in [2.05, 4.69) is 10.6 Å². The Morgan fingerprint density at radius 2 is 2.09 bits per heavy atom. The fourth-order valence-corrected chi connectivity index (χ4v) is 2.51. The van der Waals surface area contributed by atoms with Crippen LogP contribution >= 0.6 is 11.6 Å². The number of carboxylic acid groups (broad SMARTS) is 1. The first-order valence-corrected chi connectivity index (χ1v) is 7.57. The average Bonchev–Trinajstić information content (AvgIpc) is 2.90. The molecule has 1 aromatic rings. The molecule has 0 radical (unpaired) electrons. The second-order valence-corrected chi connectivity index (χ2v) is 5.99. The number of urea groups is 1. The minimum atomic E-state index is -1.11. The number of aliphatic carboxylic acids is 1. The van der Waals surface area contributed by atoms with E-state index in [9.17, 15) is 14.4 Å². The van der Waals surface area contributed by atoms with Crippen LogP contribution in [0.25, 0.3) is 0 Å². The van der Waals surface area contributed by atoms with Crippen molar-refractivity contribution >= 4 is 35.2 Å². The van der Waals surface area contributed by atoms with Crippen LogP contribution in [0.5, 0.6) is 0 Å². The van der Waals surface area contributed by atoms with Crippen molar-refractivity contribution in [1.82, 2.24) is 10.6 Å². The predicted octanol–water partition coefficient (Wildman–Crippen LogP) is 1.71. The number of hydrogen-bond acceptors (Lipinski definition) is 3. The molecule has 1 unspecified atom stereocenters. The third-order valence-corrected chi connectivity index (χ3v) is 3.91. The van der Waals surface area contributed by atoms with Gasteiger partial charge in [-0.2, -0.15) is 0 Å². The molecule has 8 heteroatoms. The number of rotatable bonds is 5. The maximum absolute atomic E-state index is 12.4. The van der Waals surface area contributed by atoms with Crippen LogP contribution in [-0.4, -0.2) is 42.1 Å². The van der Waals surface area contributed by atoms with E-state index in [1.807, 2.05) is 0 Å². The van der Waals surface area contributed by atoms with E-state index in [4.69, 9.17) is 16.7 Å². The monoisotopic (exact) mass is 339 g/mol. The van der Waals surface area contributed by atoms with Gasteiger partial charge < -0.3 is 15.7 Å². The molecule has 0 spiro atoms. The highest BCUT2D eigenvalue weighted by Crippen LogP contribution is 2.24. The van der Waals surface area contributed by atoms with Crippen LogP contribution in [-0.2, 0) is 4.79 Å². The summed E-state index contributed by atoms with van der Waals surface area (Å²) in [7, 11) is 0. The van der Waals surface area contributed by atoms with Crippen molar-refractivity contribution in [2.24, 2.45) is 5.92 Å². The van der Waals surface area contributed by atoms with Crippen LogP contribution in [0, 0.1) is 5.92 Å². The highest BCUT2D eigenvalue weighted by atomic mass is 35.5. The number of nitrogens with zero attached hydrogens (tertiary/aromatic N) is 1. The van der Waals surface area contributed by atoms with Crippen molar-refractivity contribution in [3.63, 3.8) is 0 Å². The van der Waals surface area contributed by atoms with Gasteiger partial charge >= 0.3 is 12.0 Å². The Morgan fingerprint density at radius 3 is 2.61 bits per heavy atom. The molecule has 3 amide bonds. The second kappa shape index (κ2) is 6.87. The Balaban J connectivity index is 2.26. The summed E-state index contributed by atoms with van der Waals surface area (Å²) in [5.74, 6) is -1.97. The zero-order valence-corrected chi connectivity index (χ0v) is 13.6. The molecule has 124 valence electrons. The van der Waals surface area contributed by atoms with Gasteiger partial charge in [0, 0.05) is 18.8 Å².